The largest absolute Gasteiger partial charge is 0.494 e. The maximum absolute atomic E-state index is 13.5. The summed E-state index contributed by atoms with van der Waals surface area (Å²) in [6.07, 6.45) is 2.74. The average molecular weight is 453 g/mol. The summed E-state index contributed by atoms with van der Waals surface area (Å²) in [5.41, 5.74) is 4.96. The molecule has 0 spiro atoms. The highest BCUT2D eigenvalue weighted by atomic mass is 16.5. The summed E-state index contributed by atoms with van der Waals surface area (Å²) in [6, 6.07) is 25.9. The van der Waals surface area contributed by atoms with E-state index in [1.165, 1.54) is 11.6 Å². The molecule has 34 heavy (non-hydrogen) atoms. The Hall–Kier alpha value is -4.49. The number of hydrogen-bond donors (Lipinski definition) is 2. The number of amides is 2. The Morgan fingerprint density at radius 1 is 0.971 bits per heavy atom. The Balaban J connectivity index is 1.65. The van der Waals surface area contributed by atoms with Crippen molar-refractivity contribution in [2.45, 2.75) is 6.54 Å². The minimum absolute atomic E-state index is 0.184. The van der Waals surface area contributed by atoms with Gasteiger partial charge >= 0.3 is 0 Å². The molecule has 0 unspecified atom stereocenters. The normalized spacial score (nSPS) is 10.9. The second kappa shape index (κ2) is 10.4. The Morgan fingerprint density at radius 2 is 1.74 bits per heavy atom. The number of rotatable bonds is 7. The van der Waals surface area contributed by atoms with Crippen LogP contribution < -0.4 is 15.1 Å². The summed E-state index contributed by atoms with van der Waals surface area (Å²) >= 11 is 0. The third kappa shape index (κ3) is 5.11. The number of fused-ring (bicyclic) bond motifs is 1. The van der Waals surface area contributed by atoms with Gasteiger partial charge in [-0.15, -0.1) is 0 Å². The molecule has 1 heterocycles. The van der Waals surface area contributed by atoms with E-state index in [4.69, 9.17) is 14.9 Å². The lowest BCUT2D eigenvalue weighted by Gasteiger charge is -2.23. The first-order chi connectivity index (χ1) is 16.6. The van der Waals surface area contributed by atoms with Gasteiger partial charge in [-0.1, -0.05) is 48.5 Å². The van der Waals surface area contributed by atoms with Crippen LogP contribution in [0.4, 0.5) is 5.69 Å². The molecule has 2 amide bonds. The number of pyridine rings is 1. The minimum Gasteiger partial charge on any atom is -0.494 e. The van der Waals surface area contributed by atoms with E-state index >= 15 is 0 Å². The van der Waals surface area contributed by atoms with E-state index < -0.39 is 5.91 Å². The van der Waals surface area contributed by atoms with E-state index in [2.05, 4.69) is 0 Å². The zero-order chi connectivity index (χ0) is 23.9. The van der Waals surface area contributed by atoms with Crippen LogP contribution in [-0.2, 0) is 11.3 Å². The molecule has 4 aromatic rings. The highest BCUT2D eigenvalue weighted by Gasteiger charge is 2.19. The maximum atomic E-state index is 13.5. The molecule has 7 nitrogen and oxygen atoms in total. The number of hydrogen-bond acceptors (Lipinski definition) is 5. The number of hydroxylamine groups is 1. The smallest absolute Gasteiger partial charge is 0.267 e. The highest BCUT2D eigenvalue weighted by Crippen LogP contribution is 2.25. The molecule has 0 aliphatic rings. The molecule has 0 aliphatic carbocycles. The number of carbonyl (C=O) groups excluding carboxylic acids is 2. The van der Waals surface area contributed by atoms with Crippen molar-refractivity contribution >= 4 is 34.5 Å². The van der Waals surface area contributed by atoms with Crippen LogP contribution in [0.5, 0.6) is 5.75 Å². The van der Waals surface area contributed by atoms with Crippen LogP contribution in [0.15, 0.2) is 91.0 Å². The number of nitrogens with one attached hydrogen (secondary N) is 1. The van der Waals surface area contributed by atoms with Gasteiger partial charge in [-0.2, -0.15) is 0 Å². The van der Waals surface area contributed by atoms with Gasteiger partial charge in [0.25, 0.3) is 11.8 Å². The van der Waals surface area contributed by atoms with Gasteiger partial charge in [0.15, 0.2) is 0 Å². The van der Waals surface area contributed by atoms with Crippen molar-refractivity contribution in [2.75, 3.05) is 12.0 Å². The summed E-state index contributed by atoms with van der Waals surface area (Å²) in [7, 11) is 1.61. The van der Waals surface area contributed by atoms with Gasteiger partial charge in [0.1, 0.15) is 11.3 Å². The van der Waals surface area contributed by atoms with E-state index in [1.807, 2.05) is 60.7 Å². The molecule has 2 N–H and O–H groups in total. The van der Waals surface area contributed by atoms with Gasteiger partial charge in [-0.25, -0.2) is 10.5 Å². The number of carbonyl (C=O) groups is 2. The van der Waals surface area contributed by atoms with E-state index in [0.29, 0.717) is 11.3 Å². The van der Waals surface area contributed by atoms with Crippen LogP contribution in [0.3, 0.4) is 0 Å². The fraction of sp³-hybridized carbons (Fsp3) is 0.0741. The Morgan fingerprint density at radius 3 is 2.44 bits per heavy atom. The predicted molar refractivity (Wildman–Crippen MR) is 131 cm³/mol. The Kier molecular flexibility index (Phi) is 6.95. The number of methoxy groups -OCH3 is 1. The molecule has 0 saturated heterocycles. The summed E-state index contributed by atoms with van der Waals surface area (Å²) in [5, 5.41) is 9.55. The predicted octanol–water partition coefficient (Wildman–Crippen LogP) is 4.61. The Bertz CT molecular complexity index is 1340. The van der Waals surface area contributed by atoms with Crippen LogP contribution in [0.25, 0.3) is 17.0 Å². The van der Waals surface area contributed by atoms with Crippen LogP contribution in [0.2, 0.25) is 0 Å². The van der Waals surface area contributed by atoms with E-state index in [9.17, 15) is 9.59 Å². The fourth-order valence-electron chi connectivity index (χ4n) is 3.57. The third-order valence-electron chi connectivity index (χ3n) is 5.29. The van der Waals surface area contributed by atoms with Crippen LogP contribution >= 0.6 is 0 Å². The van der Waals surface area contributed by atoms with E-state index in [1.54, 1.807) is 42.4 Å². The number of benzene rings is 3. The van der Waals surface area contributed by atoms with Gasteiger partial charge in [0.2, 0.25) is 0 Å². The molecule has 0 fully saturated rings. The topological polar surface area (TPSA) is 91.8 Å². The van der Waals surface area contributed by atoms with E-state index in [-0.39, 0.29) is 12.5 Å². The lowest BCUT2D eigenvalue weighted by Crippen LogP contribution is -2.30. The van der Waals surface area contributed by atoms with Crippen LogP contribution in [0.1, 0.15) is 21.6 Å². The van der Waals surface area contributed by atoms with Crippen molar-refractivity contribution in [1.82, 2.24) is 10.5 Å². The average Bonchev–Trinajstić information content (AvgIpc) is 2.90. The number of nitrogens with zero attached hydrogens (tertiary/aromatic N) is 2. The summed E-state index contributed by atoms with van der Waals surface area (Å²) < 4.78 is 5.45. The van der Waals surface area contributed by atoms with E-state index in [0.717, 1.165) is 27.8 Å². The second-order valence-electron chi connectivity index (χ2n) is 7.49. The quantitative estimate of drug-likeness (QED) is 0.242. The standard InChI is InChI=1S/C27H23N3O4/c1-34-24-9-5-6-20-15-16-22(28-26(20)24)18-30(23-7-3-2-4-8-23)27(32)21-13-10-19(11-14-21)12-17-25(31)29-33/h2-17,33H,18H2,1H3,(H,29,31)/b17-12+. The Labute approximate surface area is 196 Å². The van der Waals surface area contributed by atoms with Gasteiger partial charge in [0, 0.05) is 22.7 Å². The molecule has 0 radical (unpaired) electrons. The summed E-state index contributed by atoms with van der Waals surface area (Å²) in [6.45, 7) is 0.273. The number of anilines is 1. The van der Waals surface area contributed by atoms with Crippen molar-refractivity contribution in [3.63, 3.8) is 0 Å². The third-order valence-corrected chi connectivity index (χ3v) is 5.29. The van der Waals surface area contributed by atoms with Crippen molar-refractivity contribution in [3.8, 4) is 5.75 Å². The minimum atomic E-state index is -0.630. The van der Waals surface area contributed by atoms with Gasteiger partial charge in [0.05, 0.1) is 19.3 Å². The van der Waals surface area contributed by atoms with Crippen LogP contribution in [-0.4, -0.2) is 29.1 Å². The molecular formula is C27H23N3O4. The lowest BCUT2D eigenvalue weighted by molar-refractivity contribution is -0.124. The number of ether oxygens (including phenoxy) is 1. The first kappa shape index (κ1) is 22.7. The zero-order valence-electron chi connectivity index (χ0n) is 18.5. The first-order valence-electron chi connectivity index (χ1n) is 10.6. The summed E-state index contributed by atoms with van der Waals surface area (Å²) in [4.78, 5) is 31.1. The second-order valence-corrected chi connectivity index (χ2v) is 7.49. The number of aromatic nitrogens is 1. The zero-order valence-corrected chi connectivity index (χ0v) is 18.5. The molecular weight excluding hydrogens is 430 g/mol. The van der Waals surface area contributed by atoms with Crippen molar-refractivity contribution < 1.29 is 19.5 Å². The lowest BCUT2D eigenvalue weighted by atomic mass is 10.1. The van der Waals surface area contributed by atoms with Crippen molar-refractivity contribution in [2.24, 2.45) is 0 Å². The highest BCUT2D eigenvalue weighted by molar-refractivity contribution is 6.06. The molecule has 170 valence electrons. The fourth-order valence-corrected chi connectivity index (χ4v) is 3.57. The summed E-state index contributed by atoms with van der Waals surface area (Å²) in [5.74, 6) is -0.137. The number of para-hydroxylation sites is 2. The maximum Gasteiger partial charge on any atom is 0.267 e. The molecule has 3 aromatic carbocycles. The first-order valence-corrected chi connectivity index (χ1v) is 10.6. The van der Waals surface area contributed by atoms with Crippen LogP contribution in [0, 0.1) is 0 Å². The molecule has 0 bridgehead atoms. The molecule has 0 saturated carbocycles. The SMILES string of the molecule is COc1cccc2ccc(CN(C(=O)c3ccc(/C=C/C(=O)NO)cc3)c3ccccc3)nc12. The molecule has 0 atom stereocenters. The molecule has 7 heteroatoms. The van der Waals surface area contributed by atoms with Gasteiger partial charge < -0.3 is 9.64 Å². The monoisotopic (exact) mass is 453 g/mol. The molecule has 4 rings (SSSR count). The van der Waals surface area contributed by atoms with Gasteiger partial charge in [-0.3, -0.25) is 14.8 Å². The molecule has 1 aromatic heterocycles. The van der Waals surface area contributed by atoms with Gasteiger partial charge in [-0.05, 0) is 48.0 Å². The van der Waals surface area contributed by atoms with Crippen molar-refractivity contribution in [1.29, 1.82) is 0 Å². The molecule has 0 aliphatic heterocycles. The van der Waals surface area contributed by atoms with Crippen molar-refractivity contribution in [3.05, 3.63) is 108 Å².